The SMILES string of the molecule is C.CCOC(=O)C(C(=O)OCC)[C@@H](C[N+](=O)[O-])c1cc(F)cc(F)c1.CCOC(=O)C1C(=O)NC[C@H]1c1cc(F)cc(F)c1. The fourth-order valence-electron chi connectivity index (χ4n) is 4.47. The van der Waals surface area contributed by atoms with Crippen LogP contribution in [-0.4, -0.2) is 61.6 Å². The van der Waals surface area contributed by atoms with Crippen LogP contribution >= 0.6 is 0 Å². The second kappa shape index (κ2) is 17.5. The molecule has 1 heterocycles. The Balaban J connectivity index is 0.000000440. The molecule has 3 rings (SSSR count). The number of nitrogens with one attached hydrogen (secondary N) is 1. The van der Waals surface area contributed by atoms with Gasteiger partial charge in [0, 0.05) is 29.5 Å². The van der Waals surface area contributed by atoms with Gasteiger partial charge in [-0.25, -0.2) is 17.6 Å². The summed E-state index contributed by atoms with van der Waals surface area (Å²) in [6.45, 7) is 3.87. The lowest BCUT2D eigenvalue weighted by Crippen LogP contribution is -2.36. The van der Waals surface area contributed by atoms with E-state index in [1.807, 2.05) is 0 Å². The van der Waals surface area contributed by atoms with Crippen molar-refractivity contribution in [3.8, 4) is 0 Å². The van der Waals surface area contributed by atoms with Gasteiger partial charge >= 0.3 is 17.9 Å². The first kappa shape index (κ1) is 37.5. The highest BCUT2D eigenvalue weighted by Gasteiger charge is 2.43. The molecule has 2 aromatic carbocycles. The van der Waals surface area contributed by atoms with Gasteiger partial charge in [0.25, 0.3) is 0 Å². The average molecular weight is 631 g/mol. The third-order valence-electron chi connectivity index (χ3n) is 6.18. The molecular formula is C29H34F4N2O9. The Labute approximate surface area is 251 Å². The molecule has 15 heteroatoms. The Kier molecular flexibility index (Phi) is 14.9. The van der Waals surface area contributed by atoms with Crippen molar-refractivity contribution in [2.75, 3.05) is 32.9 Å². The second-order valence-corrected chi connectivity index (χ2v) is 9.09. The van der Waals surface area contributed by atoms with Gasteiger partial charge in [-0.15, -0.1) is 0 Å². The Morgan fingerprint density at radius 2 is 1.32 bits per heavy atom. The number of carbonyl (C=O) groups excluding carboxylic acids is 4. The summed E-state index contributed by atoms with van der Waals surface area (Å²) in [7, 11) is 0. The molecule has 1 unspecified atom stereocenters. The fourth-order valence-corrected chi connectivity index (χ4v) is 4.47. The van der Waals surface area contributed by atoms with Gasteiger partial charge in [0.15, 0.2) is 5.92 Å². The van der Waals surface area contributed by atoms with Gasteiger partial charge in [0.2, 0.25) is 12.5 Å². The smallest absolute Gasteiger partial charge is 0.321 e. The Hall–Kier alpha value is -4.56. The van der Waals surface area contributed by atoms with E-state index in [0.29, 0.717) is 6.07 Å². The van der Waals surface area contributed by atoms with E-state index in [4.69, 9.17) is 14.2 Å². The van der Waals surface area contributed by atoms with E-state index in [2.05, 4.69) is 5.32 Å². The van der Waals surface area contributed by atoms with Gasteiger partial charge in [-0.2, -0.15) is 0 Å². The van der Waals surface area contributed by atoms with Crippen LogP contribution in [0.2, 0.25) is 0 Å². The summed E-state index contributed by atoms with van der Waals surface area (Å²) in [6, 6.07) is 5.25. The molecule has 242 valence electrons. The van der Waals surface area contributed by atoms with Crippen LogP contribution in [0.5, 0.6) is 0 Å². The molecule has 0 bridgehead atoms. The molecule has 1 fully saturated rings. The molecule has 0 aromatic heterocycles. The van der Waals surface area contributed by atoms with Gasteiger partial charge in [0.05, 0.1) is 25.7 Å². The zero-order valence-corrected chi connectivity index (χ0v) is 23.4. The lowest BCUT2D eigenvalue weighted by Gasteiger charge is -2.21. The minimum Gasteiger partial charge on any atom is -0.465 e. The van der Waals surface area contributed by atoms with E-state index in [-0.39, 0.29) is 44.9 Å². The first-order chi connectivity index (χ1) is 20.3. The minimum absolute atomic E-state index is 0. The number of amides is 1. The molecule has 0 aliphatic carbocycles. The minimum atomic E-state index is -1.70. The monoisotopic (exact) mass is 630 g/mol. The molecule has 1 amide bonds. The third kappa shape index (κ3) is 10.3. The number of hydrogen-bond acceptors (Lipinski definition) is 9. The van der Waals surface area contributed by atoms with Crippen LogP contribution < -0.4 is 5.32 Å². The zero-order valence-electron chi connectivity index (χ0n) is 23.4. The number of nitro groups is 1. The fraction of sp³-hybridized carbons (Fsp3) is 0.448. The first-order valence-electron chi connectivity index (χ1n) is 13.1. The highest BCUT2D eigenvalue weighted by Crippen LogP contribution is 2.31. The number of carbonyl (C=O) groups is 4. The highest BCUT2D eigenvalue weighted by atomic mass is 19.1. The number of halogens is 4. The van der Waals surface area contributed by atoms with Crippen LogP contribution in [0.4, 0.5) is 17.6 Å². The predicted molar refractivity (Wildman–Crippen MR) is 147 cm³/mol. The van der Waals surface area contributed by atoms with Crippen molar-refractivity contribution >= 4 is 23.8 Å². The largest absolute Gasteiger partial charge is 0.465 e. The number of hydrogen-bond donors (Lipinski definition) is 1. The third-order valence-corrected chi connectivity index (χ3v) is 6.18. The van der Waals surface area contributed by atoms with Gasteiger partial charge in [0.1, 0.15) is 29.2 Å². The maximum Gasteiger partial charge on any atom is 0.321 e. The van der Waals surface area contributed by atoms with Crippen molar-refractivity contribution < 1.29 is 55.9 Å². The number of nitrogens with zero attached hydrogens (tertiary/aromatic N) is 1. The first-order valence-corrected chi connectivity index (χ1v) is 13.1. The van der Waals surface area contributed by atoms with Crippen LogP contribution in [0, 0.1) is 45.2 Å². The lowest BCUT2D eigenvalue weighted by atomic mass is 9.85. The summed E-state index contributed by atoms with van der Waals surface area (Å²) in [5.41, 5.74) is 0.0733. The molecule has 1 aliphatic rings. The van der Waals surface area contributed by atoms with Crippen LogP contribution in [0.3, 0.4) is 0 Å². The highest BCUT2D eigenvalue weighted by molar-refractivity contribution is 6.00. The zero-order chi connectivity index (χ0) is 32.3. The number of benzene rings is 2. The van der Waals surface area contributed by atoms with Crippen LogP contribution in [0.25, 0.3) is 0 Å². The molecule has 0 saturated carbocycles. The molecule has 2 aromatic rings. The second-order valence-electron chi connectivity index (χ2n) is 9.09. The molecule has 0 radical (unpaired) electrons. The quantitative estimate of drug-likeness (QED) is 0.0968. The molecule has 0 spiro atoms. The molecule has 1 saturated heterocycles. The van der Waals surface area contributed by atoms with Crippen molar-refractivity contribution in [3.63, 3.8) is 0 Å². The summed E-state index contributed by atoms with van der Waals surface area (Å²) in [4.78, 5) is 57.7. The maximum atomic E-state index is 13.4. The lowest BCUT2D eigenvalue weighted by molar-refractivity contribution is -0.484. The van der Waals surface area contributed by atoms with Crippen molar-refractivity contribution in [1.29, 1.82) is 0 Å². The van der Waals surface area contributed by atoms with E-state index in [1.165, 1.54) is 13.8 Å². The van der Waals surface area contributed by atoms with Gasteiger partial charge in [-0.3, -0.25) is 29.3 Å². The van der Waals surface area contributed by atoms with Crippen LogP contribution in [-0.2, 0) is 33.4 Å². The van der Waals surface area contributed by atoms with E-state index in [1.54, 1.807) is 6.92 Å². The average Bonchev–Trinajstić information content (AvgIpc) is 3.29. The summed E-state index contributed by atoms with van der Waals surface area (Å²) in [6.07, 6.45) is 0. The van der Waals surface area contributed by atoms with Crippen molar-refractivity contribution in [3.05, 3.63) is 80.9 Å². The molecule has 3 atom stereocenters. The Bertz CT molecular complexity index is 1280. The van der Waals surface area contributed by atoms with Gasteiger partial charge in [-0.05, 0) is 56.2 Å². The number of ether oxygens (including phenoxy) is 3. The molecule has 11 nitrogen and oxygen atoms in total. The predicted octanol–water partition coefficient (Wildman–Crippen LogP) is 4.06. The summed E-state index contributed by atoms with van der Waals surface area (Å²) in [5, 5.41) is 13.4. The van der Waals surface area contributed by atoms with E-state index >= 15 is 0 Å². The van der Waals surface area contributed by atoms with Crippen molar-refractivity contribution in [1.82, 2.24) is 5.32 Å². The topological polar surface area (TPSA) is 151 Å². The van der Waals surface area contributed by atoms with Gasteiger partial charge < -0.3 is 19.5 Å². The normalized spacial score (nSPS) is 16.0. The standard InChI is InChI=1S/C15H17F2NO6.C13H13F2NO3.CH4/c1-3-23-14(19)13(15(20)24-4-2)12(8-18(21)22)9-5-10(16)7-11(17)6-9;1-2-19-13(18)11-10(6-16-12(11)17)7-3-8(14)5-9(15)4-7;/h5-7,12-13H,3-4,8H2,1-2H3;3-5,10-11H,2,6H2,1H3,(H,16,17);1H4/t12-;10-,11?;/m00./s1. The van der Waals surface area contributed by atoms with Crippen LogP contribution in [0.1, 0.15) is 51.2 Å². The summed E-state index contributed by atoms with van der Waals surface area (Å²) >= 11 is 0. The number of rotatable bonds is 11. The van der Waals surface area contributed by atoms with E-state index < -0.39 is 82.2 Å². The van der Waals surface area contributed by atoms with E-state index in [9.17, 15) is 46.9 Å². The van der Waals surface area contributed by atoms with Crippen LogP contribution in [0.15, 0.2) is 36.4 Å². The number of esters is 3. The molecule has 1 aliphatic heterocycles. The summed E-state index contributed by atoms with van der Waals surface area (Å²) in [5.74, 6) is -11.5. The van der Waals surface area contributed by atoms with E-state index in [0.717, 1.165) is 30.3 Å². The van der Waals surface area contributed by atoms with Gasteiger partial charge in [-0.1, -0.05) is 7.43 Å². The van der Waals surface area contributed by atoms with Crippen molar-refractivity contribution in [2.45, 2.75) is 40.0 Å². The molecule has 1 N–H and O–H groups in total. The molecule has 44 heavy (non-hydrogen) atoms. The molecular weight excluding hydrogens is 596 g/mol. The van der Waals surface area contributed by atoms with Crippen molar-refractivity contribution in [2.24, 2.45) is 11.8 Å². The Morgan fingerprint density at radius 1 is 0.864 bits per heavy atom. The Morgan fingerprint density at radius 3 is 1.75 bits per heavy atom. The maximum absolute atomic E-state index is 13.4. The summed E-state index contributed by atoms with van der Waals surface area (Å²) < 4.78 is 67.6.